The van der Waals surface area contributed by atoms with Crippen LogP contribution in [0.25, 0.3) is 10.9 Å². The van der Waals surface area contributed by atoms with Crippen molar-refractivity contribution in [2.45, 2.75) is 12.8 Å². The number of fused-ring (bicyclic) bond motifs is 1. The van der Waals surface area contributed by atoms with Crippen molar-refractivity contribution in [2.24, 2.45) is 0 Å². The third-order valence-corrected chi connectivity index (χ3v) is 5.91. The second-order valence-electron chi connectivity index (χ2n) is 6.74. The molecule has 2 fully saturated rings. The van der Waals surface area contributed by atoms with Crippen molar-refractivity contribution in [1.82, 2.24) is 9.88 Å². The summed E-state index contributed by atoms with van der Waals surface area (Å²) in [6.07, 6.45) is 2.46. The summed E-state index contributed by atoms with van der Waals surface area (Å²) in [4.78, 5) is 12.0. The topological polar surface area (TPSA) is 22.6 Å². The Morgan fingerprint density at radius 3 is 2.33 bits per heavy atom. The molecule has 2 aromatic rings. The summed E-state index contributed by atoms with van der Waals surface area (Å²) in [6.45, 7) is 6.33. The highest BCUT2D eigenvalue weighted by Crippen LogP contribution is 2.37. The summed E-state index contributed by atoms with van der Waals surface area (Å²) in [5.74, 6) is 1.03. The third kappa shape index (κ3) is 2.92. The fourth-order valence-electron chi connectivity index (χ4n) is 3.62. The van der Waals surface area contributed by atoms with Gasteiger partial charge in [-0.2, -0.15) is 0 Å². The molecule has 0 atom stereocenters. The lowest BCUT2D eigenvalue weighted by molar-refractivity contribution is 0.313. The average Bonchev–Trinajstić information content (AvgIpc) is 3.13. The number of hydrogen-bond acceptors (Lipinski definition) is 4. The Balaban J connectivity index is 1.84. The molecule has 2 saturated heterocycles. The maximum atomic E-state index is 6.50. The quantitative estimate of drug-likeness (QED) is 0.805. The Labute approximate surface area is 152 Å². The maximum Gasteiger partial charge on any atom is 0.131 e. The number of likely N-dealkylation sites (N-methyl/N-ethyl adjacent to an activating group) is 1. The standard InChI is InChI=1S/C18H22Cl2N4/c1-22-8-10-23(11-9-22)15-12-16(24-6-2-3-7-24)21-18-13(15)4-5-14(19)17(18)20/h4-5,12H,2-3,6-11H2,1H3. The Morgan fingerprint density at radius 2 is 1.62 bits per heavy atom. The first kappa shape index (κ1) is 16.2. The first-order valence-corrected chi connectivity index (χ1v) is 9.36. The lowest BCUT2D eigenvalue weighted by Crippen LogP contribution is -2.44. The number of benzene rings is 1. The Bertz CT molecular complexity index is 750. The smallest absolute Gasteiger partial charge is 0.131 e. The van der Waals surface area contributed by atoms with Crippen LogP contribution in [0.4, 0.5) is 11.5 Å². The van der Waals surface area contributed by atoms with Crippen LogP contribution in [-0.2, 0) is 0 Å². The van der Waals surface area contributed by atoms with Crippen molar-refractivity contribution in [1.29, 1.82) is 0 Å². The van der Waals surface area contributed by atoms with Crippen LogP contribution in [0.5, 0.6) is 0 Å². The summed E-state index contributed by atoms with van der Waals surface area (Å²) in [5, 5.41) is 2.22. The number of rotatable bonds is 2. The molecule has 6 heteroatoms. The van der Waals surface area contributed by atoms with Crippen LogP contribution < -0.4 is 9.80 Å². The predicted molar refractivity (Wildman–Crippen MR) is 103 cm³/mol. The van der Waals surface area contributed by atoms with Crippen molar-refractivity contribution in [3.63, 3.8) is 0 Å². The monoisotopic (exact) mass is 364 g/mol. The van der Waals surface area contributed by atoms with E-state index in [0.717, 1.165) is 56.0 Å². The van der Waals surface area contributed by atoms with E-state index in [0.29, 0.717) is 10.0 Å². The van der Waals surface area contributed by atoms with E-state index in [1.165, 1.54) is 18.5 Å². The van der Waals surface area contributed by atoms with Crippen molar-refractivity contribution < 1.29 is 0 Å². The van der Waals surface area contributed by atoms with Gasteiger partial charge in [0.25, 0.3) is 0 Å². The normalized spacial score (nSPS) is 19.5. The Hall–Kier alpha value is -1.23. The fraction of sp³-hybridized carbons (Fsp3) is 0.500. The minimum atomic E-state index is 0.561. The predicted octanol–water partition coefficient (Wildman–Crippen LogP) is 3.89. The molecule has 2 aliphatic heterocycles. The van der Waals surface area contributed by atoms with Gasteiger partial charge in [0.05, 0.1) is 15.6 Å². The largest absolute Gasteiger partial charge is 0.368 e. The zero-order valence-electron chi connectivity index (χ0n) is 13.9. The van der Waals surface area contributed by atoms with Gasteiger partial charge in [-0.1, -0.05) is 23.2 Å². The van der Waals surface area contributed by atoms with Crippen molar-refractivity contribution in [3.05, 3.63) is 28.2 Å². The molecule has 3 heterocycles. The van der Waals surface area contributed by atoms with E-state index in [1.54, 1.807) is 0 Å². The Kier molecular flexibility index (Phi) is 4.46. The molecular formula is C18H22Cl2N4. The van der Waals surface area contributed by atoms with E-state index in [-0.39, 0.29) is 0 Å². The van der Waals surface area contributed by atoms with E-state index in [9.17, 15) is 0 Å². The lowest BCUT2D eigenvalue weighted by Gasteiger charge is -2.35. The van der Waals surface area contributed by atoms with Gasteiger partial charge in [-0.3, -0.25) is 0 Å². The molecule has 4 nitrogen and oxygen atoms in total. The zero-order chi connectivity index (χ0) is 16.7. The van der Waals surface area contributed by atoms with Crippen molar-refractivity contribution >= 4 is 45.6 Å². The first-order valence-electron chi connectivity index (χ1n) is 8.61. The maximum absolute atomic E-state index is 6.50. The van der Waals surface area contributed by atoms with E-state index in [1.807, 2.05) is 6.07 Å². The molecule has 128 valence electrons. The SMILES string of the molecule is CN1CCN(c2cc(N3CCCC3)nc3c(Cl)c(Cl)ccc23)CC1. The van der Waals surface area contributed by atoms with Gasteiger partial charge in [-0.25, -0.2) is 4.98 Å². The first-order chi connectivity index (χ1) is 11.6. The van der Waals surface area contributed by atoms with E-state index < -0.39 is 0 Å². The lowest BCUT2D eigenvalue weighted by atomic mass is 10.1. The number of anilines is 2. The fourth-order valence-corrected chi connectivity index (χ4v) is 3.98. The third-order valence-electron chi connectivity index (χ3n) is 5.11. The molecule has 0 saturated carbocycles. The molecular weight excluding hydrogens is 343 g/mol. The molecule has 0 bridgehead atoms. The number of nitrogens with zero attached hydrogens (tertiary/aromatic N) is 4. The molecule has 0 radical (unpaired) electrons. The highest BCUT2D eigenvalue weighted by molar-refractivity contribution is 6.45. The summed E-state index contributed by atoms with van der Waals surface area (Å²) in [6, 6.07) is 6.17. The molecule has 0 amide bonds. The molecule has 2 aliphatic rings. The van der Waals surface area contributed by atoms with E-state index in [4.69, 9.17) is 28.2 Å². The van der Waals surface area contributed by atoms with Gasteiger partial charge in [-0.05, 0) is 32.0 Å². The molecule has 0 N–H and O–H groups in total. The van der Waals surface area contributed by atoms with Gasteiger partial charge in [0.15, 0.2) is 0 Å². The van der Waals surface area contributed by atoms with Crippen LogP contribution in [0, 0.1) is 0 Å². The van der Waals surface area contributed by atoms with Crippen LogP contribution in [0.15, 0.2) is 18.2 Å². The molecule has 0 aliphatic carbocycles. The van der Waals surface area contributed by atoms with Crippen LogP contribution in [0.1, 0.15) is 12.8 Å². The van der Waals surface area contributed by atoms with E-state index >= 15 is 0 Å². The minimum Gasteiger partial charge on any atom is -0.368 e. The highest BCUT2D eigenvalue weighted by Gasteiger charge is 2.22. The summed E-state index contributed by atoms with van der Waals surface area (Å²) >= 11 is 12.8. The number of piperazine rings is 1. The minimum absolute atomic E-state index is 0.561. The van der Waals surface area contributed by atoms with Gasteiger partial charge in [0.1, 0.15) is 5.82 Å². The molecule has 1 aromatic heterocycles. The van der Waals surface area contributed by atoms with Crippen LogP contribution >= 0.6 is 23.2 Å². The van der Waals surface area contributed by atoms with Crippen LogP contribution in [0.2, 0.25) is 10.0 Å². The van der Waals surface area contributed by atoms with Crippen LogP contribution in [0.3, 0.4) is 0 Å². The number of halogens is 2. The summed E-state index contributed by atoms with van der Waals surface area (Å²) < 4.78 is 0. The summed E-state index contributed by atoms with van der Waals surface area (Å²) in [5.41, 5.74) is 2.05. The molecule has 0 unspecified atom stereocenters. The molecule has 24 heavy (non-hydrogen) atoms. The Morgan fingerprint density at radius 1 is 0.917 bits per heavy atom. The zero-order valence-corrected chi connectivity index (χ0v) is 15.4. The van der Waals surface area contributed by atoms with Gasteiger partial charge in [0, 0.05) is 56.4 Å². The second kappa shape index (κ2) is 6.58. The van der Waals surface area contributed by atoms with Gasteiger partial charge in [0.2, 0.25) is 0 Å². The van der Waals surface area contributed by atoms with Gasteiger partial charge in [-0.15, -0.1) is 0 Å². The van der Waals surface area contributed by atoms with Gasteiger partial charge >= 0.3 is 0 Å². The number of aromatic nitrogens is 1. The van der Waals surface area contributed by atoms with Crippen LogP contribution in [-0.4, -0.2) is 56.2 Å². The van der Waals surface area contributed by atoms with Crippen molar-refractivity contribution in [3.8, 4) is 0 Å². The average molecular weight is 365 g/mol. The number of hydrogen-bond donors (Lipinski definition) is 0. The second-order valence-corrected chi connectivity index (χ2v) is 7.53. The molecule has 1 aromatic carbocycles. The van der Waals surface area contributed by atoms with E-state index in [2.05, 4.69) is 33.9 Å². The molecule has 0 spiro atoms. The highest BCUT2D eigenvalue weighted by atomic mass is 35.5. The molecule has 4 rings (SSSR count). The van der Waals surface area contributed by atoms with Gasteiger partial charge < -0.3 is 14.7 Å². The van der Waals surface area contributed by atoms with Crippen molar-refractivity contribution in [2.75, 3.05) is 56.1 Å². The summed E-state index contributed by atoms with van der Waals surface area (Å²) in [7, 11) is 2.17. The number of pyridine rings is 1.